The molecule has 0 spiro atoms. The van der Waals surface area contributed by atoms with Crippen LogP contribution < -0.4 is 15.1 Å². The van der Waals surface area contributed by atoms with E-state index >= 15 is 0 Å². The molecule has 28 heavy (non-hydrogen) atoms. The van der Waals surface area contributed by atoms with Crippen molar-refractivity contribution in [3.05, 3.63) is 47.1 Å². The minimum Gasteiger partial charge on any atom is -0.378 e. The van der Waals surface area contributed by atoms with Crippen molar-refractivity contribution in [2.45, 2.75) is 12.8 Å². The average molecular weight is 401 g/mol. The molecule has 0 atom stereocenters. The number of hydrogen-bond acceptors (Lipinski definition) is 5. The molecule has 1 N–H and O–H groups in total. The second-order valence-electron chi connectivity index (χ2n) is 6.74. The van der Waals surface area contributed by atoms with Crippen molar-refractivity contribution in [3.63, 3.8) is 0 Å². The lowest BCUT2D eigenvalue weighted by molar-refractivity contribution is -0.117. The number of carbonyl (C=O) groups is 2. The molecule has 0 saturated carbocycles. The zero-order valence-electron chi connectivity index (χ0n) is 15.4. The van der Waals surface area contributed by atoms with Gasteiger partial charge in [0.2, 0.25) is 5.91 Å². The molecule has 0 aliphatic carbocycles. The molecule has 7 nitrogen and oxygen atoms in total. The van der Waals surface area contributed by atoms with Gasteiger partial charge in [-0.05, 0) is 36.8 Å². The third-order valence-electron chi connectivity index (χ3n) is 4.91. The van der Waals surface area contributed by atoms with Crippen LogP contribution in [0.4, 0.5) is 17.2 Å². The van der Waals surface area contributed by atoms with Gasteiger partial charge in [0.15, 0.2) is 0 Å². The molecule has 2 aliphatic rings. The number of hydrogen-bond donors (Lipinski definition) is 1. The Kier molecular flexibility index (Phi) is 5.45. The van der Waals surface area contributed by atoms with E-state index in [1.807, 2.05) is 4.90 Å². The predicted molar refractivity (Wildman–Crippen MR) is 108 cm³/mol. The first-order chi connectivity index (χ1) is 13.6. The van der Waals surface area contributed by atoms with Crippen LogP contribution in [0.15, 0.2) is 36.5 Å². The largest absolute Gasteiger partial charge is 0.378 e. The molecule has 2 amide bonds. The standard InChI is InChI=1S/C20H21ClN4O3/c21-16-13-14(5-6-17(16)25-8-2-4-18(25)26)23-20(27)15-3-1-7-22-19(15)24-9-11-28-12-10-24/h1,3,5-7,13H,2,4,8-12H2,(H,23,27). The Morgan fingerprint density at radius 2 is 2.00 bits per heavy atom. The molecule has 2 aromatic rings. The third kappa shape index (κ3) is 3.81. The Morgan fingerprint density at radius 1 is 1.18 bits per heavy atom. The van der Waals surface area contributed by atoms with Crippen LogP contribution in [0.5, 0.6) is 0 Å². The number of benzene rings is 1. The lowest BCUT2D eigenvalue weighted by Crippen LogP contribution is -2.38. The van der Waals surface area contributed by atoms with E-state index in [9.17, 15) is 9.59 Å². The fourth-order valence-corrected chi connectivity index (χ4v) is 3.79. The summed E-state index contributed by atoms with van der Waals surface area (Å²) in [6.07, 6.45) is 3.05. The van der Waals surface area contributed by atoms with Gasteiger partial charge in [-0.15, -0.1) is 0 Å². The Bertz CT molecular complexity index is 899. The number of nitrogens with zero attached hydrogens (tertiary/aromatic N) is 3. The number of pyridine rings is 1. The fourth-order valence-electron chi connectivity index (χ4n) is 3.51. The number of morpholine rings is 1. The summed E-state index contributed by atoms with van der Waals surface area (Å²) >= 11 is 6.38. The number of rotatable bonds is 4. The smallest absolute Gasteiger partial charge is 0.259 e. The monoisotopic (exact) mass is 400 g/mol. The van der Waals surface area contributed by atoms with Gasteiger partial charge in [0.05, 0.1) is 29.5 Å². The van der Waals surface area contributed by atoms with E-state index in [1.165, 1.54) is 0 Å². The molecular weight excluding hydrogens is 380 g/mol. The molecule has 1 aromatic carbocycles. The van der Waals surface area contributed by atoms with Gasteiger partial charge in [0, 0.05) is 37.9 Å². The minimum absolute atomic E-state index is 0.0733. The van der Waals surface area contributed by atoms with E-state index in [0.717, 1.165) is 6.42 Å². The van der Waals surface area contributed by atoms with Crippen LogP contribution in [0.25, 0.3) is 0 Å². The Hall–Kier alpha value is -2.64. The highest BCUT2D eigenvalue weighted by atomic mass is 35.5. The molecule has 2 saturated heterocycles. The molecule has 2 fully saturated rings. The van der Waals surface area contributed by atoms with Crippen molar-refractivity contribution in [2.75, 3.05) is 48.0 Å². The summed E-state index contributed by atoms with van der Waals surface area (Å²) in [6.45, 7) is 3.29. The summed E-state index contributed by atoms with van der Waals surface area (Å²) in [5.74, 6) is 0.466. The maximum Gasteiger partial charge on any atom is 0.259 e. The molecule has 2 aliphatic heterocycles. The quantitative estimate of drug-likeness (QED) is 0.854. The third-order valence-corrected chi connectivity index (χ3v) is 5.21. The Labute approximate surface area is 168 Å². The summed E-state index contributed by atoms with van der Waals surface area (Å²) in [4.78, 5) is 32.9. The lowest BCUT2D eigenvalue weighted by atomic mass is 10.2. The lowest BCUT2D eigenvalue weighted by Gasteiger charge is -2.29. The van der Waals surface area contributed by atoms with E-state index in [1.54, 1.807) is 41.4 Å². The normalized spacial score (nSPS) is 17.1. The minimum atomic E-state index is -0.254. The number of carbonyl (C=O) groups excluding carboxylic acids is 2. The molecular formula is C20H21ClN4O3. The second-order valence-corrected chi connectivity index (χ2v) is 7.15. The van der Waals surface area contributed by atoms with E-state index in [0.29, 0.717) is 67.0 Å². The maximum absolute atomic E-state index is 12.9. The molecule has 1 aromatic heterocycles. The van der Waals surface area contributed by atoms with Gasteiger partial charge in [0.25, 0.3) is 5.91 Å². The first-order valence-electron chi connectivity index (χ1n) is 9.32. The highest BCUT2D eigenvalue weighted by Gasteiger charge is 2.24. The van der Waals surface area contributed by atoms with Crippen molar-refractivity contribution >= 4 is 40.6 Å². The first-order valence-corrected chi connectivity index (χ1v) is 9.70. The predicted octanol–water partition coefficient (Wildman–Crippen LogP) is 2.95. The fraction of sp³-hybridized carbons (Fsp3) is 0.350. The van der Waals surface area contributed by atoms with Crippen molar-refractivity contribution in [2.24, 2.45) is 0 Å². The molecule has 4 rings (SSSR count). The summed E-state index contributed by atoms with van der Waals surface area (Å²) in [5, 5.41) is 3.32. The van der Waals surface area contributed by atoms with E-state index in [2.05, 4.69) is 10.3 Å². The number of ether oxygens (including phenoxy) is 1. The molecule has 3 heterocycles. The van der Waals surface area contributed by atoms with Crippen LogP contribution in [-0.2, 0) is 9.53 Å². The zero-order chi connectivity index (χ0) is 19.5. The molecule has 8 heteroatoms. The van der Waals surface area contributed by atoms with Gasteiger partial charge in [-0.3, -0.25) is 9.59 Å². The number of anilines is 3. The first kappa shape index (κ1) is 18.7. The highest BCUT2D eigenvalue weighted by Crippen LogP contribution is 2.32. The van der Waals surface area contributed by atoms with Gasteiger partial charge >= 0.3 is 0 Å². The highest BCUT2D eigenvalue weighted by molar-refractivity contribution is 6.34. The summed E-state index contributed by atoms with van der Waals surface area (Å²) in [6, 6.07) is 8.70. The van der Waals surface area contributed by atoms with E-state index in [-0.39, 0.29) is 11.8 Å². The topological polar surface area (TPSA) is 74.8 Å². The number of amides is 2. The van der Waals surface area contributed by atoms with Crippen LogP contribution in [0.1, 0.15) is 23.2 Å². The van der Waals surface area contributed by atoms with Crippen LogP contribution in [0.3, 0.4) is 0 Å². The van der Waals surface area contributed by atoms with Crippen LogP contribution in [0.2, 0.25) is 5.02 Å². The van der Waals surface area contributed by atoms with Gasteiger partial charge in [-0.1, -0.05) is 11.6 Å². The SMILES string of the molecule is O=C(Nc1ccc(N2CCCC2=O)c(Cl)c1)c1cccnc1N1CCOCC1. The second kappa shape index (κ2) is 8.16. The molecule has 0 bridgehead atoms. The van der Waals surface area contributed by atoms with Crippen molar-refractivity contribution in [1.82, 2.24) is 4.98 Å². The number of halogens is 1. The van der Waals surface area contributed by atoms with Gasteiger partial charge in [-0.2, -0.15) is 0 Å². The zero-order valence-corrected chi connectivity index (χ0v) is 16.1. The number of aromatic nitrogens is 1. The summed E-state index contributed by atoms with van der Waals surface area (Å²) in [5.41, 5.74) is 1.75. The average Bonchev–Trinajstić information content (AvgIpc) is 3.14. The van der Waals surface area contributed by atoms with Crippen LogP contribution in [0, 0.1) is 0 Å². The number of nitrogens with one attached hydrogen (secondary N) is 1. The van der Waals surface area contributed by atoms with Crippen molar-refractivity contribution < 1.29 is 14.3 Å². The Balaban J connectivity index is 1.53. The van der Waals surface area contributed by atoms with E-state index in [4.69, 9.17) is 16.3 Å². The Morgan fingerprint density at radius 3 is 2.71 bits per heavy atom. The van der Waals surface area contributed by atoms with Crippen molar-refractivity contribution in [1.29, 1.82) is 0 Å². The van der Waals surface area contributed by atoms with E-state index < -0.39 is 0 Å². The summed E-state index contributed by atoms with van der Waals surface area (Å²) < 4.78 is 5.38. The summed E-state index contributed by atoms with van der Waals surface area (Å²) in [7, 11) is 0. The van der Waals surface area contributed by atoms with Gasteiger partial charge in [-0.25, -0.2) is 4.98 Å². The van der Waals surface area contributed by atoms with Gasteiger partial charge in [0.1, 0.15) is 5.82 Å². The van der Waals surface area contributed by atoms with Crippen LogP contribution in [-0.4, -0.2) is 49.6 Å². The molecule has 146 valence electrons. The van der Waals surface area contributed by atoms with Crippen LogP contribution >= 0.6 is 11.6 Å². The van der Waals surface area contributed by atoms with Gasteiger partial charge < -0.3 is 19.9 Å². The molecule has 0 unspecified atom stereocenters. The van der Waals surface area contributed by atoms with Crippen molar-refractivity contribution in [3.8, 4) is 0 Å². The molecule has 0 radical (unpaired) electrons. The maximum atomic E-state index is 12.9.